The molecule has 0 fully saturated rings. The van der Waals surface area contributed by atoms with Crippen LogP contribution in [0.1, 0.15) is 25.2 Å². The van der Waals surface area contributed by atoms with Crippen molar-refractivity contribution in [1.29, 1.82) is 0 Å². The van der Waals surface area contributed by atoms with Gasteiger partial charge in [0.2, 0.25) is 0 Å². The number of hydrogen-bond donors (Lipinski definition) is 2. The molecule has 0 amide bonds. The molecular weight excluding hydrogens is 256 g/mol. The molecule has 1 aromatic heterocycles. The molecule has 3 N–H and O–H groups in total. The average Bonchev–Trinajstić information content (AvgIpc) is 2.60. The highest BCUT2D eigenvalue weighted by atomic mass is 35.5. The Labute approximate surface area is 112 Å². The Bertz CT molecular complexity index is 353. The molecule has 1 unspecified atom stereocenters. The molecule has 0 aliphatic rings. The van der Waals surface area contributed by atoms with Crippen LogP contribution >= 0.6 is 23.4 Å². The summed E-state index contributed by atoms with van der Waals surface area (Å²) in [4.78, 5) is 0. The van der Waals surface area contributed by atoms with E-state index in [0.29, 0.717) is 0 Å². The zero-order chi connectivity index (χ0) is 12.8. The Morgan fingerprint density at radius 3 is 2.71 bits per heavy atom. The smallest absolute Gasteiger partial charge is 0.0850 e. The van der Waals surface area contributed by atoms with Gasteiger partial charge in [-0.25, -0.2) is 0 Å². The summed E-state index contributed by atoms with van der Waals surface area (Å²) in [5, 5.41) is 5.19. The van der Waals surface area contributed by atoms with Gasteiger partial charge in [0.15, 0.2) is 0 Å². The maximum atomic E-state index is 6.31. The number of halogens is 1. The summed E-state index contributed by atoms with van der Waals surface area (Å²) < 4.78 is 1.86. The molecule has 0 saturated heterocycles. The number of rotatable bonds is 7. The second kappa shape index (κ2) is 7.26. The predicted molar refractivity (Wildman–Crippen MR) is 75.4 cm³/mol. The molecule has 0 radical (unpaired) electrons. The lowest BCUT2D eigenvalue weighted by Crippen LogP contribution is -2.39. The van der Waals surface area contributed by atoms with Crippen LogP contribution in [0.15, 0.2) is 0 Å². The van der Waals surface area contributed by atoms with Gasteiger partial charge >= 0.3 is 0 Å². The summed E-state index contributed by atoms with van der Waals surface area (Å²) in [5.41, 5.74) is 4.87. The lowest BCUT2D eigenvalue weighted by atomic mass is 10.1. The first-order valence-electron chi connectivity index (χ1n) is 5.88. The van der Waals surface area contributed by atoms with Gasteiger partial charge in [-0.15, -0.1) is 0 Å². The van der Waals surface area contributed by atoms with Crippen LogP contribution in [0.25, 0.3) is 0 Å². The summed E-state index contributed by atoms with van der Waals surface area (Å²) in [7, 11) is 1.93. The first-order chi connectivity index (χ1) is 8.13. The molecule has 4 nitrogen and oxygen atoms in total. The summed E-state index contributed by atoms with van der Waals surface area (Å²) in [5.74, 6) is 7.64. The van der Waals surface area contributed by atoms with E-state index in [2.05, 4.69) is 24.4 Å². The molecule has 0 aliphatic carbocycles. The van der Waals surface area contributed by atoms with E-state index >= 15 is 0 Å². The molecular formula is C11H21ClN4S. The highest BCUT2D eigenvalue weighted by Gasteiger charge is 2.17. The van der Waals surface area contributed by atoms with E-state index in [0.717, 1.165) is 40.8 Å². The second-order valence-corrected chi connectivity index (χ2v) is 5.61. The number of hydrogen-bond acceptors (Lipinski definition) is 4. The normalized spacial score (nSPS) is 13.0. The molecule has 6 heteroatoms. The molecule has 1 atom stereocenters. The molecule has 0 spiro atoms. The topological polar surface area (TPSA) is 55.9 Å². The van der Waals surface area contributed by atoms with E-state index in [9.17, 15) is 0 Å². The molecule has 0 aliphatic heterocycles. The third-order valence-corrected chi connectivity index (χ3v) is 4.18. The predicted octanol–water partition coefficient (Wildman–Crippen LogP) is 1.76. The van der Waals surface area contributed by atoms with Crippen LogP contribution in [0.4, 0.5) is 0 Å². The molecule has 0 saturated carbocycles. The fraction of sp³-hybridized carbons (Fsp3) is 0.727. The minimum atomic E-state index is 0.234. The van der Waals surface area contributed by atoms with Crippen LogP contribution in [0, 0.1) is 0 Å². The highest BCUT2D eigenvalue weighted by Crippen LogP contribution is 2.22. The van der Waals surface area contributed by atoms with Crippen molar-refractivity contribution in [2.45, 2.75) is 32.7 Å². The lowest BCUT2D eigenvalue weighted by Gasteiger charge is -2.15. The summed E-state index contributed by atoms with van der Waals surface area (Å²) in [6, 6.07) is 0.234. The monoisotopic (exact) mass is 276 g/mol. The first kappa shape index (κ1) is 14.8. The molecule has 0 bridgehead atoms. The summed E-state index contributed by atoms with van der Waals surface area (Å²) in [6.07, 6.45) is 1.67. The van der Waals surface area contributed by atoms with Gasteiger partial charge in [-0.2, -0.15) is 16.9 Å². The van der Waals surface area contributed by atoms with Crippen molar-refractivity contribution in [2.75, 3.05) is 11.5 Å². The Balaban J connectivity index is 2.75. The lowest BCUT2D eigenvalue weighted by molar-refractivity contribution is 0.551. The zero-order valence-electron chi connectivity index (χ0n) is 10.7. The quantitative estimate of drug-likeness (QED) is 0.589. The van der Waals surface area contributed by atoms with E-state index in [-0.39, 0.29) is 6.04 Å². The van der Waals surface area contributed by atoms with Crippen LogP contribution in [0.3, 0.4) is 0 Å². The number of hydrazine groups is 1. The van der Waals surface area contributed by atoms with Crippen LogP contribution in [0.5, 0.6) is 0 Å². The van der Waals surface area contributed by atoms with Gasteiger partial charge in [-0.3, -0.25) is 16.0 Å². The molecule has 0 aromatic carbocycles. The van der Waals surface area contributed by atoms with E-state index in [4.69, 9.17) is 17.4 Å². The van der Waals surface area contributed by atoms with Crippen molar-refractivity contribution in [1.82, 2.24) is 15.2 Å². The summed E-state index contributed by atoms with van der Waals surface area (Å²) >= 11 is 8.18. The van der Waals surface area contributed by atoms with Gasteiger partial charge in [-0.1, -0.05) is 25.4 Å². The minimum Gasteiger partial charge on any atom is -0.271 e. The van der Waals surface area contributed by atoms with Gasteiger partial charge in [0.05, 0.1) is 16.4 Å². The molecule has 17 heavy (non-hydrogen) atoms. The van der Waals surface area contributed by atoms with Crippen molar-refractivity contribution in [3.63, 3.8) is 0 Å². The van der Waals surface area contributed by atoms with Crippen LogP contribution in [-0.2, 0) is 19.9 Å². The summed E-state index contributed by atoms with van der Waals surface area (Å²) in [6.45, 7) is 4.20. The van der Waals surface area contributed by atoms with Crippen molar-refractivity contribution in [3.05, 3.63) is 16.4 Å². The van der Waals surface area contributed by atoms with Crippen molar-refractivity contribution < 1.29 is 0 Å². The number of nitrogens with one attached hydrogen (secondary N) is 1. The Morgan fingerprint density at radius 2 is 2.24 bits per heavy atom. The largest absolute Gasteiger partial charge is 0.271 e. The number of nitrogens with two attached hydrogens (primary N) is 1. The Morgan fingerprint density at radius 1 is 1.53 bits per heavy atom. The van der Waals surface area contributed by atoms with Gasteiger partial charge in [0.1, 0.15) is 0 Å². The highest BCUT2D eigenvalue weighted by molar-refractivity contribution is 7.99. The minimum absolute atomic E-state index is 0.234. The maximum absolute atomic E-state index is 6.31. The van der Waals surface area contributed by atoms with Crippen LogP contribution < -0.4 is 11.3 Å². The molecule has 1 aromatic rings. The van der Waals surface area contributed by atoms with Gasteiger partial charge in [0.25, 0.3) is 0 Å². The van der Waals surface area contributed by atoms with Crippen LogP contribution in [-0.4, -0.2) is 27.3 Å². The van der Waals surface area contributed by atoms with E-state index in [1.54, 1.807) is 0 Å². The third-order valence-electron chi connectivity index (χ3n) is 2.70. The molecule has 1 heterocycles. The van der Waals surface area contributed by atoms with E-state index in [1.165, 1.54) is 0 Å². The van der Waals surface area contributed by atoms with Gasteiger partial charge in [0, 0.05) is 25.3 Å². The fourth-order valence-electron chi connectivity index (χ4n) is 1.70. The second-order valence-electron chi connectivity index (χ2n) is 3.91. The molecule has 98 valence electrons. The number of nitrogens with zero attached hydrogens (tertiary/aromatic N) is 2. The van der Waals surface area contributed by atoms with Gasteiger partial charge < -0.3 is 0 Å². The standard InChI is InChI=1S/C11H21ClN4S/c1-4-9-11(12)10(16(3)15-9)6-8(14-13)7-17-5-2/h8,14H,4-7,13H2,1-3H3. The van der Waals surface area contributed by atoms with Crippen molar-refractivity contribution in [3.8, 4) is 0 Å². The van der Waals surface area contributed by atoms with E-state index in [1.807, 2.05) is 23.5 Å². The van der Waals surface area contributed by atoms with Crippen molar-refractivity contribution >= 4 is 23.4 Å². The SMILES string of the molecule is CCSCC(Cc1c(Cl)c(CC)nn1C)NN. The number of thioether (sulfide) groups is 1. The average molecular weight is 277 g/mol. The molecule has 1 rings (SSSR count). The van der Waals surface area contributed by atoms with E-state index < -0.39 is 0 Å². The first-order valence-corrected chi connectivity index (χ1v) is 7.41. The zero-order valence-corrected chi connectivity index (χ0v) is 12.2. The third kappa shape index (κ3) is 3.88. The fourth-order valence-corrected chi connectivity index (χ4v) is 2.81. The van der Waals surface area contributed by atoms with Crippen LogP contribution in [0.2, 0.25) is 5.02 Å². The van der Waals surface area contributed by atoms with Gasteiger partial charge in [-0.05, 0) is 12.2 Å². The van der Waals surface area contributed by atoms with Crippen molar-refractivity contribution in [2.24, 2.45) is 12.9 Å². The number of aryl methyl sites for hydroxylation is 2. The Kier molecular flexibility index (Phi) is 6.33. The maximum Gasteiger partial charge on any atom is 0.0850 e. The Hall–Kier alpha value is -0.230. The number of aromatic nitrogens is 2.